The first kappa shape index (κ1) is 21.0. The van der Waals surface area contributed by atoms with Gasteiger partial charge in [0.2, 0.25) is 0 Å². The number of hydrogen-bond donors (Lipinski definition) is 0. The van der Waals surface area contributed by atoms with Crippen molar-refractivity contribution in [2.45, 2.75) is 37.3 Å². The van der Waals surface area contributed by atoms with Crippen molar-refractivity contribution in [3.63, 3.8) is 0 Å². The molecule has 0 aliphatic rings. The van der Waals surface area contributed by atoms with E-state index in [1.54, 1.807) is 0 Å². The van der Waals surface area contributed by atoms with Crippen molar-refractivity contribution in [1.29, 1.82) is 5.26 Å². The molecule has 0 N–H and O–H groups in total. The van der Waals surface area contributed by atoms with Gasteiger partial charge in [-0.25, -0.2) is 11.4 Å². The molecule has 12 heteroatoms. The highest BCUT2D eigenvalue weighted by atomic mass is 19.4. The molecule has 1 unspecified atom stereocenters. The molecule has 0 fully saturated rings. The van der Waals surface area contributed by atoms with Crippen LogP contribution < -0.4 is 0 Å². The molecular formula is C14H10F6N4O2. The number of alkyl halides is 6. The van der Waals surface area contributed by atoms with Crippen LogP contribution >= 0.6 is 0 Å². The molecule has 0 saturated heterocycles. The molecular weight excluding hydrogens is 370 g/mol. The molecule has 0 saturated carbocycles. The van der Waals surface area contributed by atoms with Gasteiger partial charge in [-0.1, -0.05) is 6.58 Å². The lowest BCUT2D eigenvalue weighted by Gasteiger charge is -2.15. The van der Waals surface area contributed by atoms with Crippen LogP contribution in [-0.2, 0) is 17.5 Å². The lowest BCUT2D eigenvalue weighted by molar-refractivity contribution is -0.142. The molecule has 0 amide bonds. The average molecular weight is 380 g/mol. The maximum atomic E-state index is 13.0. The zero-order chi connectivity index (χ0) is 20.2. The van der Waals surface area contributed by atoms with Crippen molar-refractivity contribution in [1.82, 2.24) is 9.78 Å². The lowest BCUT2D eigenvalue weighted by Crippen LogP contribution is -2.31. The average Bonchev–Trinajstić information content (AvgIpc) is 2.95. The number of esters is 1. The second-order valence-corrected chi connectivity index (χ2v) is 5.03. The predicted molar refractivity (Wildman–Crippen MR) is 73.1 cm³/mol. The molecule has 1 aromatic heterocycles. The fourth-order valence-electron chi connectivity index (χ4n) is 1.90. The fraction of sp³-hybridized carbons (Fsp3) is 0.429. The summed E-state index contributed by atoms with van der Waals surface area (Å²) >= 11 is 0. The van der Waals surface area contributed by atoms with Crippen molar-refractivity contribution in [2.24, 2.45) is 0 Å². The van der Waals surface area contributed by atoms with Gasteiger partial charge in [0, 0.05) is 6.20 Å². The van der Waals surface area contributed by atoms with Crippen molar-refractivity contribution in [2.75, 3.05) is 0 Å². The third-order valence-corrected chi connectivity index (χ3v) is 3.11. The summed E-state index contributed by atoms with van der Waals surface area (Å²) < 4.78 is 80.7. The monoisotopic (exact) mass is 380 g/mol. The molecule has 6 nitrogen and oxygen atoms in total. The molecule has 1 rings (SSSR count). The van der Waals surface area contributed by atoms with E-state index >= 15 is 0 Å². The van der Waals surface area contributed by atoms with Crippen LogP contribution in [0.4, 0.5) is 26.3 Å². The van der Waals surface area contributed by atoms with Gasteiger partial charge in [-0.05, 0) is 0 Å². The third kappa shape index (κ3) is 5.24. The summed E-state index contributed by atoms with van der Waals surface area (Å²) in [6.45, 7) is 9.09. The van der Waals surface area contributed by atoms with Crippen LogP contribution in [0.1, 0.15) is 28.9 Å². The van der Waals surface area contributed by atoms with E-state index in [9.17, 15) is 31.1 Å². The quantitative estimate of drug-likeness (QED) is 0.326. The number of aromatic nitrogens is 2. The molecule has 0 spiro atoms. The minimum atomic E-state index is -5.07. The van der Waals surface area contributed by atoms with Gasteiger partial charge < -0.3 is 4.74 Å². The Morgan fingerprint density at radius 1 is 1.38 bits per heavy atom. The van der Waals surface area contributed by atoms with Crippen LogP contribution in [0.3, 0.4) is 0 Å². The second kappa shape index (κ2) is 7.47. The zero-order valence-corrected chi connectivity index (χ0v) is 12.9. The van der Waals surface area contributed by atoms with Crippen LogP contribution in [0, 0.1) is 17.9 Å². The first-order valence-corrected chi connectivity index (χ1v) is 6.70. The normalized spacial score (nSPS) is 14.0. The van der Waals surface area contributed by atoms with Crippen LogP contribution in [0.2, 0.25) is 0 Å². The van der Waals surface area contributed by atoms with E-state index in [1.807, 2.05) is 0 Å². The van der Waals surface area contributed by atoms with E-state index in [4.69, 9.17) is 11.8 Å². The van der Waals surface area contributed by atoms with Crippen LogP contribution in [0.15, 0.2) is 19.0 Å². The number of nitriles is 1. The smallest absolute Gasteiger partial charge is 0.431 e. The fourth-order valence-corrected chi connectivity index (χ4v) is 1.90. The molecule has 0 aliphatic carbocycles. The number of ether oxygens (including phenoxy) is 1. The molecule has 140 valence electrons. The molecule has 1 atom stereocenters. The molecule has 1 heterocycles. The number of halogens is 6. The van der Waals surface area contributed by atoms with Crippen LogP contribution in [0.5, 0.6) is 0 Å². The summed E-state index contributed by atoms with van der Waals surface area (Å²) in [6.07, 6.45) is -11.0. The SMILES string of the molecule is [C-]#[N+]C(C#N)(CCC(F)(F)F)Cn1cc(C(=O)OC=C)c(C(F)(F)F)n1. The van der Waals surface area contributed by atoms with E-state index < -0.39 is 54.5 Å². The van der Waals surface area contributed by atoms with Gasteiger partial charge in [-0.15, -0.1) is 0 Å². The van der Waals surface area contributed by atoms with E-state index in [2.05, 4.69) is 21.3 Å². The molecule has 26 heavy (non-hydrogen) atoms. The third-order valence-electron chi connectivity index (χ3n) is 3.11. The van der Waals surface area contributed by atoms with E-state index in [-0.39, 0.29) is 0 Å². The Morgan fingerprint density at radius 3 is 2.42 bits per heavy atom. The molecule has 0 bridgehead atoms. The zero-order valence-electron chi connectivity index (χ0n) is 12.9. The molecule has 0 radical (unpaired) electrons. The van der Waals surface area contributed by atoms with E-state index in [0.29, 0.717) is 17.1 Å². The van der Waals surface area contributed by atoms with Gasteiger partial charge in [-0.2, -0.15) is 36.7 Å². The summed E-state index contributed by atoms with van der Waals surface area (Å²) in [6, 6.07) is 1.38. The van der Waals surface area contributed by atoms with Gasteiger partial charge in [-0.3, -0.25) is 9.53 Å². The Hall–Kier alpha value is -3.02. The first-order chi connectivity index (χ1) is 11.9. The summed E-state index contributed by atoms with van der Waals surface area (Å²) in [5.41, 5.74) is -4.98. The van der Waals surface area contributed by atoms with Crippen molar-refractivity contribution >= 4 is 5.97 Å². The maximum Gasteiger partial charge on any atom is 0.436 e. The predicted octanol–water partition coefficient (Wildman–Crippen LogP) is 3.73. The minimum absolute atomic E-state index is 0.431. The highest BCUT2D eigenvalue weighted by Gasteiger charge is 2.44. The standard InChI is InChI=1S/C14H10F6N4O2/c1-3-26-11(25)9-6-24(23-10(9)14(18,19)20)8-12(7-21,22-2)4-5-13(15,16)17/h3,6H,1,4-5,8H2. The number of hydrogen-bond acceptors (Lipinski definition) is 4. The van der Waals surface area contributed by atoms with E-state index in [0.717, 1.165) is 0 Å². The summed E-state index contributed by atoms with van der Waals surface area (Å²) in [7, 11) is 0. The van der Waals surface area contributed by atoms with Crippen LogP contribution in [-0.4, -0.2) is 27.5 Å². The van der Waals surface area contributed by atoms with Gasteiger partial charge in [0.15, 0.2) is 11.8 Å². The Kier molecular flexibility index (Phi) is 6.04. The number of carbonyl (C=O) groups excluding carboxylic acids is 1. The highest BCUT2D eigenvalue weighted by Crippen LogP contribution is 2.33. The van der Waals surface area contributed by atoms with Gasteiger partial charge >= 0.3 is 23.9 Å². The summed E-state index contributed by atoms with van der Waals surface area (Å²) in [4.78, 5) is 14.4. The van der Waals surface area contributed by atoms with Crippen LogP contribution in [0.25, 0.3) is 4.85 Å². The maximum absolute atomic E-state index is 13.0. The summed E-state index contributed by atoms with van der Waals surface area (Å²) in [5, 5.41) is 12.2. The van der Waals surface area contributed by atoms with Gasteiger partial charge in [0.1, 0.15) is 12.1 Å². The minimum Gasteiger partial charge on any atom is -0.431 e. The van der Waals surface area contributed by atoms with E-state index in [1.165, 1.54) is 6.07 Å². The Bertz CT molecular complexity index is 752. The van der Waals surface area contributed by atoms with Crippen molar-refractivity contribution in [3.8, 4) is 6.07 Å². The topological polar surface area (TPSA) is 72.3 Å². The van der Waals surface area contributed by atoms with Gasteiger partial charge in [0.25, 0.3) is 0 Å². The van der Waals surface area contributed by atoms with Gasteiger partial charge in [0.05, 0.1) is 19.1 Å². The Balaban J connectivity index is 3.26. The largest absolute Gasteiger partial charge is 0.436 e. The Labute approximate surface area is 143 Å². The summed E-state index contributed by atoms with van der Waals surface area (Å²) in [5.74, 6) is -1.45. The number of nitrogens with zero attached hydrogens (tertiary/aromatic N) is 4. The first-order valence-electron chi connectivity index (χ1n) is 6.70. The molecule has 1 aromatic rings. The number of rotatable bonds is 6. The molecule has 0 aliphatic heterocycles. The highest BCUT2D eigenvalue weighted by molar-refractivity contribution is 5.91. The molecule has 0 aromatic carbocycles. The number of carbonyl (C=O) groups is 1. The second-order valence-electron chi connectivity index (χ2n) is 5.03. The van der Waals surface area contributed by atoms with Crippen molar-refractivity contribution in [3.05, 3.63) is 41.7 Å². The Morgan fingerprint density at radius 2 is 2.00 bits per heavy atom. The lowest BCUT2D eigenvalue weighted by atomic mass is 9.96. The van der Waals surface area contributed by atoms with Crippen molar-refractivity contribution < 1.29 is 35.9 Å².